The number of halogens is 2. The molecule has 0 saturated carbocycles. The molecule has 160 valence electrons. The zero-order valence-electron chi connectivity index (χ0n) is 17.2. The van der Waals surface area contributed by atoms with Crippen LogP contribution in [0.1, 0.15) is 49.9 Å². The number of hydrogen-bond acceptors (Lipinski definition) is 3. The number of carbonyl (C=O) groups is 1. The van der Waals surface area contributed by atoms with E-state index in [0.29, 0.717) is 6.04 Å². The minimum absolute atomic E-state index is 0. The number of benzene rings is 2. The second-order valence-corrected chi connectivity index (χ2v) is 7.63. The summed E-state index contributed by atoms with van der Waals surface area (Å²) in [5.74, 6) is -0.186. The molecule has 1 aliphatic heterocycles. The molecule has 1 saturated heterocycles. The Kier molecular flexibility index (Phi) is 10.7. The molecule has 0 aliphatic carbocycles. The molecule has 1 heterocycles. The number of hydrogen-bond donors (Lipinski definition) is 2. The topological polar surface area (TPSA) is 58.4 Å². The third-order valence-electron chi connectivity index (χ3n) is 5.84. The SMILES string of the molecule is CC(C(=O)NC1CCN(C(C)c2ccccc2)CC1)C(N)c1ccccc1.Cl.Cl. The van der Waals surface area contributed by atoms with Crippen LogP contribution in [0.15, 0.2) is 60.7 Å². The summed E-state index contributed by atoms with van der Waals surface area (Å²) in [7, 11) is 0. The Balaban J connectivity index is 0.00000210. The first-order valence-corrected chi connectivity index (χ1v) is 9.96. The molecule has 1 amide bonds. The highest BCUT2D eigenvalue weighted by Gasteiger charge is 2.27. The van der Waals surface area contributed by atoms with Crippen LogP contribution in [0.3, 0.4) is 0 Å². The number of rotatable bonds is 6. The lowest BCUT2D eigenvalue weighted by Crippen LogP contribution is -2.47. The molecular weight excluding hydrogens is 405 g/mol. The highest BCUT2D eigenvalue weighted by atomic mass is 35.5. The van der Waals surface area contributed by atoms with Crippen molar-refractivity contribution >= 4 is 30.7 Å². The molecule has 0 aromatic heterocycles. The van der Waals surface area contributed by atoms with Crippen molar-refractivity contribution in [1.82, 2.24) is 10.2 Å². The van der Waals surface area contributed by atoms with Gasteiger partial charge in [0.1, 0.15) is 0 Å². The Morgan fingerprint density at radius 3 is 1.93 bits per heavy atom. The van der Waals surface area contributed by atoms with Gasteiger partial charge < -0.3 is 11.1 Å². The van der Waals surface area contributed by atoms with E-state index in [9.17, 15) is 4.79 Å². The Hall–Kier alpha value is -1.59. The van der Waals surface area contributed by atoms with E-state index in [-0.39, 0.29) is 48.7 Å². The van der Waals surface area contributed by atoms with E-state index in [1.54, 1.807) is 0 Å². The largest absolute Gasteiger partial charge is 0.353 e. The standard InChI is InChI=1S/C23H31N3O.2ClH/c1-17(22(24)20-11-7-4-8-12-20)23(27)25-21-13-15-26(16-14-21)18(2)19-9-5-3-6-10-19;;/h3-12,17-18,21-22H,13-16,24H2,1-2H3,(H,25,27);2*1H. The molecule has 3 unspecified atom stereocenters. The van der Waals surface area contributed by atoms with E-state index in [2.05, 4.69) is 47.5 Å². The number of nitrogens with two attached hydrogens (primary N) is 1. The summed E-state index contributed by atoms with van der Waals surface area (Å²) in [5, 5.41) is 3.22. The van der Waals surface area contributed by atoms with Gasteiger partial charge in [-0.1, -0.05) is 67.6 Å². The first-order valence-electron chi connectivity index (χ1n) is 9.96. The van der Waals surface area contributed by atoms with Crippen molar-refractivity contribution in [3.05, 3.63) is 71.8 Å². The molecule has 29 heavy (non-hydrogen) atoms. The Labute approximate surface area is 187 Å². The highest BCUT2D eigenvalue weighted by molar-refractivity contribution is 5.85. The van der Waals surface area contributed by atoms with Crippen LogP contribution in [0.2, 0.25) is 0 Å². The van der Waals surface area contributed by atoms with Gasteiger partial charge >= 0.3 is 0 Å². The van der Waals surface area contributed by atoms with Gasteiger partial charge in [0.2, 0.25) is 5.91 Å². The number of nitrogens with one attached hydrogen (secondary N) is 1. The monoisotopic (exact) mass is 437 g/mol. The van der Waals surface area contributed by atoms with Crippen molar-refractivity contribution in [2.24, 2.45) is 11.7 Å². The summed E-state index contributed by atoms with van der Waals surface area (Å²) in [6.07, 6.45) is 1.96. The van der Waals surface area contributed by atoms with Crippen LogP contribution in [0.5, 0.6) is 0 Å². The predicted molar refractivity (Wildman–Crippen MR) is 125 cm³/mol. The van der Waals surface area contributed by atoms with Gasteiger partial charge in [0, 0.05) is 31.2 Å². The maximum atomic E-state index is 12.7. The molecule has 0 bridgehead atoms. The van der Waals surface area contributed by atoms with E-state index >= 15 is 0 Å². The molecule has 4 nitrogen and oxygen atoms in total. The average Bonchev–Trinajstić information content (AvgIpc) is 2.74. The van der Waals surface area contributed by atoms with Gasteiger partial charge in [-0.05, 0) is 30.9 Å². The summed E-state index contributed by atoms with van der Waals surface area (Å²) in [6.45, 7) is 6.18. The molecule has 3 atom stereocenters. The van der Waals surface area contributed by atoms with Crippen molar-refractivity contribution < 1.29 is 4.79 Å². The lowest BCUT2D eigenvalue weighted by Gasteiger charge is -2.37. The van der Waals surface area contributed by atoms with E-state index in [0.717, 1.165) is 31.5 Å². The van der Waals surface area contributed by atoms with Crippen LogP contribution in [0.4, 0.5) is 0 Å². The molecule has 2 aromatic rings. The summed E-state index contributed by atoms with van der Waals surface area (Å²) >= 11 is 0. The fourth-order valence-corrected chi connectivity index (χ4v) is 3.83. The van der Waals surface area contributed by atoms with Crippen molar-refractivity contribution in [2.45, 2.75) is 44.8 Å². The normalized spacial score (nSPS) is 17.9. The molecule has 1 aliphatic rings. The third kappa shape index (κ3) is 6.71. The fourth-order valence-electron chi connectivity index (χ4n) is 3.83. The number of piperidine rings is 1. The van der Waals surface area contributed by atoms with Crippen molar-refractivity contribution in [3.8, 4) is 0 Å². The summed E-state index contributed by atoms with van der Waals surface area (Å²) < 4.78 is 0. The first kappa shape index (κ1) is 25.4. The number of amides is 1. The minimum atomic E-state index is -0.274. The molecule has 0 radical (unpaired) electrons. The molecule has 3 rings (SSSR count). The van der Waals surface area contributed by atoms with Crippen molar-refractivity contribution in [3.63, 3.8) is 0 Å². The molecule has 2 aromatic carbocycles. The Morgan fingerprint density at radius 2 is 1.41 bits per heavy atom. The van der Waals surface area contributed by atoms with Crippen LogP contribution in [0, 0.1) is 5.92 Å². The lowest BCUT2D eigenvalue weighted by atomic mass is 9.93. The van der Waals surface area contributed by atoms with Gasteiger partial charge in [-0.25, -0.2) is 0 Å². The van der Waals surface area contributed by atoms with E-state index in [1.807, 2.05) is 37.3 Å². The van der Waals surface area contributed by atoms with E-state index < -0.39 is 0 Å². The van der Waals surface area contributed by atoms with Gasteiger partial charge in [-0.2, -0.15) is 0 Å². The fraction of sp³-hybridized carbons (Fsp3) is 0.435. The number of likely N-dealkylation sites (tertiary alicyclic amines) is 1. The minimum Gasteiger partial charge on any atom is -0.353 e. The Morgan fingerprint density at radius 1 is 0.931 bits per heavy atom. The summed E-state index contributed by atoms with van der Waals surface area (Å²) in [4.78, 5) is 15.2. The number of carbonyl (C=O) groups excluding carboxylic acids is 1. The van der Waals surface area contributed by atoms with Gasteiger partial charge in [-0.15, -0.1) is 24.8 Å². The molecule has 6 heteroatoms. The quantitative estimate of drug-likeness (QED) is 0.698. The van der Waals surface area contributed by atoms with Gasteiger partial charge in [0.05, 0.1) is 5.92 Å². The van der Waals surface area contributed by atoms with Crippen molar-refractivity contribution in [1.29, 1.82) is 0 Å². The zero-order valence-corrected chi connectivity index (χ0v) is 18.8. The third-order valence-corrected chi connectivity index (χ3v) is 5.84. The van der Waals surface area contributed by atoms with Crippen LogP contribution >= 0.6 is 24.8 Å². The molecular formula is C23H33Cl2N3O. The highest BCUT2D eigenvalue weighted by Crippen LogP contribution is 2.25. The molecule has 1 fully saturated rings. The van der Waals surface area contributed by atoms with Crippen LogP contribution in [-0.4, -0.2) is 29.9 Å². The van der Waals surface area contributed by atoms with Crippen LogP contribution in [-0.2, 0) is 4.79 Å². The van der Waals surface area contributed by atoms with Crippen LogP contribution in [0.25, 0.3) is 0 Å². The summed E-state index contributed by atoms with van der Waals surface area (Å²) in [6, 6.07) is 20.8. The maximum absolute atomic E-state index is 12.7. The molecule has 3 N–H and O–H groups in total. The van der Waals surface area contributed by atoms with E-state index in [4.69, 9.17) is 5.73 Å². The lowest BCUT2D eigenvalue weighted by molar-refractivity contribution is -0.126. The molecule has 0 spiro atoms. The van der Waals surface area contributed by atoms with Gasteiger partial charge in [-0.3, -0.25) is 9.69 Å². The zero-order chi connectivity index (χ0) is 19.2. The predicted octanol–water partition coefficient (Wildman–Crippen LogP) is 4.51. The van der Waals surface area contributed by atoms with Crippen molar-refractivity contribution in [2.75, 3.05) is 13.1 Å². The maximum Gasteiger partial charge on any atom is 0.224 e. The summed E-state index contributed by atoms with van der Waals surface area (Å²) in [5.41, 5.74) is 8.66. The van der Waals surface area contributed by atoms with Gasteiger partial charge in [0.25, 0.3) is 0 Å². The van der Waals surface area contributed by atoms with E-state index in [1.165, 1.54) is 5.56 Å². The smallest absolute Gasteiger partial charge is 0.224 e. The number of nitrogens with zero attached hydrogens (tertiary/aromatic N) is 1. The first-order chi connectivity index (χ1) is 13.1. The van der Waals surface area contributed by atoms with Crippen LogP contribution < -0.4 is 11.1 Å². The Bertz CT molecular complexity index is 721. The second kappa shape index (κ2) is 12.2. The average molecular weight is 438 g/mol. The van der Waals surface area contributed by atoms with Gasteiger partial charge in [0.15, 0.2) is 0 Å². The second-order valence-electron chi connectivity index (χ2n) is 7.63.